The van der Waals surface area contributed by atoms with Gasteiger partial charge in [0.1, 0.15) is 11.6 Å². The van der Waals surface area contributed by atoms with Gasteiger partial charge in [-0.2, -0.15) is 0 Å². The number of carboxylic acids is 1. The van der Waals surface area contributed by atoms with Crippen LogP contribution in [0.15, 0.2) is 0 Å². The zero-order valence-electron chi connectivity index (χ0n) is 8.12. The molecule has 1 rings (SSSR count). The fourth-order valence-corrected chi connectivity index (χ4v) is 1.11. The Morgan fingerprint density at radius 1 is 1.60 bits per heavy atom. The third-order valence-corrected chi connectivity index (χ3v) is 1.91. The lowest BCUT2D eigenvalue weighted by atomic mass is 10.4. The van der Waals surface area contributed by atoms with Crippen molar-refractivity contribution in [1.29, 1.82) is 0 Å². The molecule has 84 valence electrons. The zero-order valence-corrected chi connectivity index (χ0v) is 8.87. The number of aromatic amines is 1. The van der Waals surface area contributed by atoms with Gasteiger partial charge < -0.3 is 14.6 Å². The van der Waals surface area contributed by atoms with Crippen molar-refractivity contribution in [3.8, 4) is 5.88 Å². The Morgan fingerprint density at radius 2 is 2.33 bits per heavy atom. The van der Waals surface area contributed by atoms with Crippen LogP contribution in [0.1, 0.15) is 17.4 Å². The van der Waals surface area contributed by atoms with E-state index < -0.39 is 5.97 Å². The van der Waals surface area contributed by atoms with E-state index >= 15 is 0 Å². The number of hydrogen-bond acceptors (Lipinski definition) is 4. The van der Waals surface area contributed by atoms with Crippen LogP contribution in [-0.2, 0) is 4.74 Å². The van der Waals surface area contributed by atoms with Crippen LogP contribution >= 0.6 is 11.6 Å². The first-order valence-corrected chi connectivity index (χ1v) is 4.72. The maximum absolute atomic E-state index is 10.6. The highest BCUT2D eigenvalue weighted by Gasteiger charge is 2.17. The number of hydrogen-bond donors (Lipinski definition) is 2. The maximum atomic E-state index is 10.6. The van der Waals surface area contributed by atoms with Crippen molar-refractivity contribution in [1.82, 2.24) is 10.2 Å². The highest BCUT2D eigenvalue weighted by atomic mass is 35.5. The number of H-pyrrole nitrogens is 1. The molecule has 0 saturated heterocycles. The summed E-state index contributed by atoms with van der Waals surface area (Å²) < 4.78 is 10.1. The summed E-state index contributed by atoms with van der Waals surface area (Å²) in [5, 5.41) is 14.5. The molecule has 1 aromatic rings. The van der Waals surface area contributed by atoms with Crippen LogP contribution in [0.3, 0.4) is 0 Å². The van der Waals surface area contributed by atoms with E-state index in [4.69, 9.17) is 26.2 Å². The molecule has 0 radical (unpaired) electrons. The lowest BCUT2D eigenvalue weighted by Gasteiger charge is -2.02. The minimum atomic E-state index is -1.17. The van der Waals surface area contributed by atoms with Crippen molar-refractivity contribution < 1.29 is 19.4 Å². The van der Waals surface area contributed by atoms with E-state index in [0.717, 1.165) is 0 Å². The number of carboxylic acid groups (broad SMARTS) is 1. The zero-order chi connectivity index (χ0) is 11.3. The molecule has 15 heavy (non-hydrogen) atoms. The summed E-state index contributed by atoms with van der Waals surface area (Å²) in [6, 6.07) is 0. The molecule has 0 saturated carbocycles. The molecular formula is C8H11ClN2O4. The molecule has 2 N–H and O–H groups in total. The number of rotatable bonds is 6. The van der Waals surface area contributed by atoms with E-state index in [0.29, 0.717) is 13.2 Å². The lowest BCUT2D eigenvalue weighted by molar-refractivity contribution is 0.0690. The number of aromatic nitrogens is 2. The first-order chi connectivity index (χ1) is 7.16. The van der Waals surface area contributed by atoms with Gasteiger partial charge >= 0.3 is 5.97 Å². The number of nitrogens with zero attached hydrogens (tertiary/aromatic N) is 1. The Balaban J connectivity index is 2.51. The highest BCUT2D eigenvalue weighted by molar-refractivity contribution is 6.34. The first kappa shape index (κ1) is 11.8. The molecule has 0 aliphatic rings. The molecule has 0 unspecified atom stereocenters. The van der Waals surface area contributed by atoms with E-state index in [1.165, 1.54) is 0 Å². The SMILES string of the molecule is CCOCCOc1n[nH]c(C(=O)O)c1Cl. The molecule has 0 fully saturated rings. The van der Waals surface area contributed by atoms with Crippen LogP contribution in [-0.4, -0.2) is 41.1 Å². The second-order valence-electron chi connectivity index (χ2n) is 2.57. The molecule has 0 amide bonds. The van der Waals surface area contributed by atoms with Crippen molar-refractivity contribution in [2.24, 2.45) is 0 Å². The Kier molecular flexibility index (Phi) is 4.38. The van der Waals surface area contributed by atoms with Gasteiger partial charge in [0, 0.05) is 6.61 Å². The standard InChI is InChI=1S/C8H11ClN2O4/c1-2-14-3-4-15-7-5(9)6(8(12)13)10-11-7/h2-4H2,1H3,(H,10,11)(H,12,13). The molecule has 6 nitrogen and oxygen atoms in total. The maximum Gasteiger partial charge on any atom is 0.355 e. The summed E-state index contributed by atoms with van der Waals surface area (Å²) in [7, 11) is 0. The Morgan fingerprint density at radius 3 is 2.87 bits per heavy atom. The molecule has 0 aromatic carbocycles. The average molecular weight is 235 g/mol. The first-order valence-electron chi connectivity index (χ1n) is 4.34. The normalized spacial score (nSPS) is 10.3. The van der Waals surface area contributed by atoms with Crippen molar-refractivity contribution >= 4 is 17.6 Å². The van der Waals surface area contributed by atoms with Gasteiger partial charge in [-0.25, -0.2) is 4.79 Å². The summed E-state index contributed by atoms with van der Waals surface area (Å²) in [6.07, 6.45) is 0. The second kappa shape index (κ2) is 5.57. The van der Waals surface area contributed by atoms with Crippen LogP contribution in [0.2, 0.25) is 5.02 Å². The third kappa shape index (κ3) is 3.10. The van der Waals surface area contributed by atoms with E-state index in [1.807, 2.05) is 6.92 Å². The van der Waals surface area contributed by atoms with Gasteiger partial charge in [0.25, 0.3) is 5.88 Å². The lowest BCUT2D eigenvalue weighted by Crippen LogP contribution is -2.06. The molecule has 0 bridgehead atoms. The van der Waals surface area contributed by atoms with Crippen LogP contribution in [0.25, 0.3) is 0 Å². The topological polar surface area (TPSA) is 84.4 Å². The molecule has 1 aromatic heterocycles. The largest absolute Gasteiger partial charge is 0.476 e. The van der Waals surface area contributed by atoms with Gasteiger partial charge in [-0.05, 0) is 6.92 Å². The van der Waals surface area contributed by atoms with Gasteiger partial charge in [0.05, 0.1) is 6.61 Å². The molecule has 0 aliphatic heterocycles. The van der Waals surface area contributed by atoms with E-state index in [1.54, 1.807) is 0 Å². The van der Waals surface area contributed by atoms with Crippen LogP contribution < -0.4 is 4.74 Å². The van der Waals surface area contributed by atoms with Gasteiger partial charge in [0.2, 0.25) is 0 Å². The molecule has 7 heteroatoms. The van der Waals surface area contributed by atoms with Crippen LogP contribution in [0.4, 0.5) is 0 Å². The van der Waals surface area contributed by atoms with Gasteiger partial charge in [0.15, 0.2) is 5.69 Å². The molecule has 0 atom stereocenters. The van der Waals surface area contributed by atoms with Gasteiger partial charge in [-0.3, -0.25) is 5.10 Å². The second-order valence-corrected chi connectivity index (χ2v) is 2.95. The number of halogens is 1. The smallest absolute Gasteiger partial charge is 0.355 e. The minimum Gasteiger partial charge on any atom is -0.476 e. The fraction of sp³-hybridized carbons (Fsp3) is 0.500. The number of ether oxygens (including phenoxy) is 2. The highest BCUT2D eigenvalue weighted by Crippen LogP contribution is 2.24. The monoisotopic (exact) mass is 234 g/mol. The predicted octanol–water partition coefficient (Wildman–Crippen LogP) is 1.18. The van der Waals surface area contributed by atoms with E-state index in [-0.39, 0.29) is 23.2 Å². The molecule has 0 aliphatic carbocycles. The third-order valence-electron chi connectivity index (χ3n) is 1.56. The van der Waals surface area contributed by atoms with E-state index in [9.17, 15) is 4.79 Å². The quantitative estimate of drug-likeness (QED) is 0.722. The predicted molar refractivity (Wildman–Crippen MR) is 52.5 cm³/mol. The number of nitrogens with one attached hydrogen (secondary N) is 1. The Hall–Kier alpha value is -1.27. The van der Waals surface area contributed by atoms with Gasteiger partial charge in [-0.15, -0.1) is 5.10 Å². The van der Waals surface area contributed by atoms with Gasteiger partial charge in [-0.1, -0.05) is 11.6 Å². The number of carbonyl (C=O) groups is 1. The van der Waals surface area contributed by atoms with Crippen LogP contribution in [0.5, 0.6) is 5.88 Å². The van der Waals surface area contributed by atoms with Crippen LogP contribution in [0, 0.1) is 0 Å². The molecular weight excluding hydrogens is 224 g/mol. The van der Waals surface area contributed by atoms with Crippen molar-refractivity contribution in [2.45, 2.75) is 6.92 Å². The summed E-state index contributed by atoms with van der Waals surface area (Å²) in [5.74, 6) is -1.10. The summed E-state index contributed by atoms with van der Waals surface area (Å²) in [4.78, 5) is 10.6. The minimum absolute atomic E-state index is 0.0287. The summed E-state index contributed by atoms with van der Waals surface area (Å²) in [6.45, 7) is 3.14. The summed E-state index contributed by atoms with van der Waals surface area (Å²) in [5.41, 5.74) is -0.178. The Bertz CT molecular complexity index is 339. The molecule has 1 heterocycles. The molecule has 0 spiro atoms. The fourth-order valence-electron chi connectivity index (χ4n) is 0.891. The van der Waals surface area contributed by atoms with Crippen molar-refractivity contribution in [2.75, 3.05) is 19.8 Å². The average Bonchev–Trinajstić information content (AvgIpc) is 2.55. The van der Waals surface area contributed by atoms with Crippen molar-refractivity contribution in [3.05, 3.63) is 10.7 Å². The van der Waals surface area contributed by atoms with E-state index in [2.05, 4.69) is 10.2 Å². The Labute approximate surface area is 91.1 Å². The van der Waals surface area contributed by atoms with Crippen molar-refractivity contribution in [3.63, 3.8) is 0 Å². The number of aromatic carboxylic acids is 1. The summed E-state index contributed by atoms with van der Waals surface area (Å²) >= 11 is 5.69.